The van der Waals surface area contributed by atoms with Crippen molar-refractivity contribution in [3.8, 4) is 0 Å². The summed E-state index contributed by atoms with van der Waals surface area (Å²) in [6.07, 6.45) is 3.19. The highest BCUT2D eigenvalue weighted by Gasteiger charge is 2.26. The quantitative estimate of drug-likeness (QED) is 0.751. The van der Waals surface area contributed by atoms with Crippen LogP contribution >= 0.6 is 0 Å². The normalized spacial score (nSPS) is 14.7. The summed E-state index contributed by atoms with van der Waals surface area (Å²) in [5, 5.41) is 0. The van der Waals surface area contributed by atoms with Crippen LogP contribution in [0.25, 0.3) is 0 Å². The molecule has 3 heterocycles. The Morgan fingerprint density at radius 1 is 1.08 bits per heavy atom. The average Bonchev–Trinajstić information content (AvgIpc) is 2.65. The van der Waals surface area contributed by atoms with Crippen LogP contribution < -0.4 is 16.1 Å². The highest BCUT2D eigenvalue weighted by atomic mass is 16.2. The maximum absolute atomic E-state index is 12.5. The number of rotatable bonds is 2. The molecule has 0 N–H and O–H groups in total. The van der Waals surface area contributed by atoms with Gasteiger partial charge in [0.2, 0.25) is 0 Å². The number of carbonyl (C=O) groups excluding carboxylic acids is 1. The number of aromatic nitrogens is 3. The number of hydrogen-bond acceptors (Lipinski definition) is 5. The molecule has 1 saturated heterocycles. The first-order valence-electron chi connectivity index (χ1n) is 8.12. The van der Waals surface area contributed by atoms with Gasteiger partial charge in [0.1, 0.15) is 5.69 Å². The van der Waals surface area contributed by atoms with E-state index in [1.165, 1.54) is 11.6 Å². The monoisotopic (exact) mass is 343 g/mol. The molecule has 0 aromatic carbocycles. The summed E-state index contributed by atoms with van der Waals surface area (Å²) in [4.78, 5) is 44.7. The molecule has 1 aliphatic rings. The minimum Gasteiger partial charge on any atom is -0.362 e. The van der Waals surface area contributed by atoms with Gasteiger partial charge in [-0.05, 0) is 19.1 Å². The first-order chi connectivity index (χ1) is 11.9. The van der Waals surface area contributed by atoms with E-state index >= 15 is 0 Å². The fourth-order valence-electron chi connectivity index (χ4n) is 3.10. The minimum atomic E-state index is -0.336. The zero-order chi connectivity index (χ0) is 18.1. The predicted molar refractivity (Wildman–Crippen MR) is 94.0 cm³/mol. The molecule has 0 radical (unpaired) electrons. The van der Waals surface area contributed by atoms with Gasteiger partial charge >= 0.3 is 5.69 Å². The smallest absolute Gasteiger partial charge is 0.330 e. The summed E-state index contributed by atoms with van der Waals surface area (Å²) in [6, 6.07) is 3.48. The van der Waals surface area contributed by atoms with E-state index in [9.17, 15) is 14.4 Å². The number of pyridine rings is 1. The second-order valence-electron chi connectivity index (χ2n) is 6.16. The van der Waals surface area contributed by atoms with Gasteiger partial charge in [-0.15, -0.1) is 0 Å². The molecular formula is C17H21N5O3. The molecule has 8 nitrogen and oxygen atoms in total. The predicted octanol–water partition coefficient (Wildman–Crippen LogP) is -0.250. The Bertz CT molecular complexity index is 908. The van der Waals surface area contributed by atoms with Crippen LogP contribution in [-0.4, -0.2) is 51.1 Å². The molecule has 0 atom stereocenters. The van der Waals surface area contributed by atoms with Crippen molar-refractivity contribution in [2.45, 2.75) is 6.92 Å². The van der Waals surface area contributed by atoms with Crippen LogP contribution in [0.1, 0.15) is 16.1 Å². The SMILES string of the molecule is Cc1c(N2CCN(C(=O)c3cccnc3)CC2)c(=O)n(C)c(=O)n1C. The molecule has 0 unspecified atom stereocenters. The summed E-state index contributed by atoms with van der Waals surface area (Å²) in [6.45, 7) is 3.88. The fourth-order valence-corrected chi connectivity index (χ4v) is 3.10. The largest absolute Gasteiger partial charge is 0.362 e. The van der Waals surface area contributed by atoms with Crippen molar-refractivity contribution in [3.63, 3.8) is 0 Å². The molecule has 25 heavy (non-hydrogen) atoms. The lowest BCUT2D eigenvalue weighted by Gasteiger charge is -2.36. The molecule has 2 aromatic heterocycles. The first kappa shape index (κ1) is 16.9. The lowest BCUT2D eigenvalue weighted by molar-refractivity contribution is 0.0746. The van der Waals surface area contributed by atoms with Crippen molar-refractivity contribution < 1.29 is 4.79 Å². The third-order valence-corrected chi connectivity index (χ3v) is 4.72. The van der Waals surface area contributed by atoms with Gasteiger partial charge in [0.25, 0.3) is 11.5 Å². The van der Waals surface area contributed by atoms with Gasteiger partial charge in [0.05, 0.1) is 5.56 Å². The van der Waals surface area contributed by atoms with E-state index in [-0.39, 0.29) is 17.2 Å². The van der Waals surface area contributed by atoms with Gasteiger partial charge in [-0.1, -0.05) is 0 Å². The Morgan fingerprint density at radius 3 is 2.36 bits per heavy atom. The van der Waals surface area contributed by atoms with E-state index in [0.717, 1.165) is 4.57 Å². The molecule has 1 aliphatic heterocycles. The van der Waals surface area contributed by atoms with Crippen LogP contribution in [-0.2, 0) is 14.1 Å². The second-order valence-corrected chi connectivity index (χ2v) is 6.16. The van der Waals surface area contributed by atoms with Crippen molar-refractivity contribution in [3.05, 3.63) is 56.6 Å². The Kier molecular flexibility index (Phi) is 4.43. The third kappa shape index (κ3) is 2.95. The van der Waals surface area contributed by atoms with Gasteiger partial charge in [-0.25, -0.2) is 4.79 Å². The molecule has 2 aromatic rings. The van der Waals surface area contributed by atoms with Crippen molar-refractivity contribution >= 4 is 11.6 Å². The first-order valence-corrected chi connectivity index (χ1v) is 8.12. The van der Waals surface area contributed by atoms with E-state index in [1.807, 2.05) is 4.90 Å². The van der Waals surface area contributed by atoms with Crippen LogP contribution in [0.4, 0.5) is 5.69 Å². The fraction of sp³-hybridized carbons (Fsp3) is 0.412. The van der Waals surface area contributed by atoms with E-state index in [2.05, 4.69) is 4.98 Å². The van der Waals surface area contributed by atoms with E-state index in [0.29, 0.717) is 43.1 Å². The Morgan fingerprint density at radius 2 is 1.76 bits per heavy atom. The highest BCUT2D eigenvalue weighted by Crippen LogP contribution is 2.16. The standard InChI is InChI=1S/C17H21N5O3/c1-12-14(16(24)20(3)17(25)19(12)2)21-7-9-22(10-8-21)15(23)13-5-4-6-18-11-13/h4-6,11H,7-10H2,1-3H3. The lowest BCUT2D eigenvalue weighted by atomic mass is 10.2. The molecule has 1 amide bonds. The van der Waals surface area contributed by atoms with Gasteiger partial charge in [-0.3, -0.25) is 23.7 Å². The number of carbonyl (C=O) groups is 1. The summed E-state index contributed by atoms with van der Waals surface area (Å²) in [5.41, 5.74) is 1.09. The van der Waals surface area contributed by atoms with Gasteiger partial charge in [0.15, 0.2) is 0 Å². The number of anilines is 1. The average molecular weight is 343 g/mol. The Balaban J connectivity index is 1.81. The van der Waals surface area contributed by atoms with Crippen molar-refractivity contribution in [1.29, 1.82) is 0 Å². The Hall–Kier alpha value is -2.90. The summed E-state index contributed by atoms with van der Waals surface area (Å²) in [7, 11) is 3.14. The van der Waals surface area contributed by atoms with Crippen LogP contribution in [0.5, 0.6) is 0 Å². The van der Waals surface area contributed by atoms with Crippen molar-refractivity contribution in [1.82, 2.24) is 19.0 Å². The summed E-state index contributed by atoms with van der Waals surface area (Å²) >= 11 is 0. The van der Waals surface area contributed by atoms with Crippen LogP contribution in [0, 0.1) is 6.92 Å². The number of nitrogens with zero attached hydrogens (tertiary/aromatic N) is 5. The number of hydrogen-bond donors (Lipinski definition) is 0. The molecule has 8 heteroatoms. The van der Waals surface area contributed by atoms with E-state index < -0.39 is 0 Å². The third-order valence-electron chi connectivity index (χ3n) is 4.72. The maximum atomic E-state index is 12.5. The van der Waals surface area contributed by atoms with Crippen LogP contribution in [0.2, 0.25) is 0 Å². The second kappa shape index (κ2) is 6.54. The zero-order valence-electron chi connectivity index (χ0n) is 14.6. The van der Waals surface area contributed by atoms with Crippen molar-refractivity contribution in [2.24, 2.45) is 14.1 Å². The highest BCUT2D eigenvalue weighted by molar-refractivity contribution is 5.94. The van der Waals surface area contributed by atoms with E-state index in [4.69, 9.17) is 0 Å². The van der Waals surface area contributed by atoms with Crippen LogP contribution in [0.15, 0.2) is 34.1 Å². The van der Waals surface area contributed by atoms with Crippen LogP contribution in [0.3, 0.4) is 0 Å². The van der Waals surface area contributed by atoms with Gasteiger partial charge in [-0.2, -0.15) is 0 Å². The lowest BCUT2D eigenvalue weighted by Crippen LogP contribution is -2.52. The zero-order valence-corrected chi connectivity index (χ0v) is 14.6. The van der Waals surface area contributed by atoms with Gasteiger partial charge in [0, 0.05) is 58.4 Å². The molecule has 0 saturated carbocycles. The maximum Gasteiger partial charge on any atom is 0.330 e. The summed E-state index contributed by atoms with van der Waals surface area (Å²) in [5.74, 6) is -0.0576. The summed E-state index contributed by atoms with van der Waals surface area (Å²) < 4.78 is 2.60. The molecule has 132 valence electrons. The topological polar surface area (TPSA) is 80.4 Å². The van der Waals surface area contributed by atoms with Gasteiger partial charge < -0.3 is 9.80 Å². The molecule has 0 spiro atoms. The molecule has 0 bridgehead atoms. The minimum absolute atomic E-state index is 0.0576. The molecule has 3 rings (SSSR count). The Labute approximate surface area is 144 Å². The number of amides is 1. The molecule has 0 aliphatic carbocycles. The van der Waals surface area contributed by atoms with E-state index in [1.54, 1.807) is 43.4 Å². The van der Waals surface area contributed by atoms with Crippen molar-refractivity contribution in [2.75, 3.05) is 31.1 Å². The molecular weight excluding hydrogens is 322 g/mol. The number of piperazine rings is 1. The molecule has 1 fully saturated rings.